The second-order valence-corrected chi connectivity index (χ2v) is 7.34. The molecule has 0 aliphatic carbocycles. The van der Waals surface area contributed by atoms with Gasteiger partial charge < -0.3 is 15.8 Å². The number of guanidine groups is 1. The van der Waals surface area contributed by atoms with Crippen LogP contribution in [0.2, 0.25) is 5.02 Å². The van der Waals surface area contributed by atoms with Crippen LogP contribution in [0.25, 0.3) is 0 Å². The Morgan fingerprint density at radius 3 is 2.69 bits per heavy atom. The molecule has 1 atom stereocenters. The van der Waals surface area contributed by atoms with Crippen molar-refractivity contribution in [1.82, 2.24) is 5.32 Å². The molecular weight excluding hydrogens is 461 g/mol. The molecule has 4 nitrogen and oxygen atoms in total. The summed E-state index contributed by atoms with van der Waals surface area (Å²) in [5.41, 5.74) is 8.15. The van der Waals surface area contributed by atoms with Gasteiger partial charge in [0.2, 0.25) is 0 Å². The van der Waals surface area contributed by atoms with Crippen LogP contribution >= 0.6 is 35.6 Å². The summed E-state index contributed by atoms with van der Waals surface area (Å²) in [6.07, 6.45) is 0.862. The van der Waals surface area contributed by atoms with E-state index in [0.29, 0.717) is 19.1 Å². The number of fused-ring (bicyclic) bond motifs is 1. The van der Waals surface area contributed by atoms with Gasteiger partial charge in [0.1, 0.15) is 5.75 Å². The van der Waals surface area contributed by atoms with Crippen LogP contribution in [0.4, 0.5) is 0 Å². The summed E-state index contributed by atoms with van der Waals surface area (Å²) in [6.45, 7) is 5.47. The Balaban J connectivity index is 0.00000243. The van der Waals surface area contributed by atoms with Crippen LogP contribution in [0.1, 0.15) is 37.4 Å². The number of nitrogens with one attached hydrogen (secondary N) is 1. The first kappa shape index (κ1) is 20.8. The van der Waals surface area contributed by atoms with Gasteiger partial charge in [-0.25, -0.2) is 0 Å². The fraction of sp³-hybridized carbons (Fsp3) is 0.350. The Bertz CT molecular complexity index is 779. The molecule has 6 heteroatoms. The fourth-order valence-corrected chi connectivity index (χ4v) is 3.49. The molecule has 0 aromatic heterocycles. The Morgan fingerprint density at radius 1 is 1.23 bits per heavy atom. The molecule has 1 unspecified atom stereocenters. The number of hydrogen-bond donors (Lipinski definition) is 2. The van der Waals surface area contributed by atoms with Crippen molar-refractivity contribution in [2.45, 2.75) is 31.7 Å². The lowest BCUT2D eigenvalue weighted by Gasteiger charge is -2.28. The maximum Gasteiger partial charge on any atom is 0.189 e. The maximum absolute atomic E-state index is 6.33. The van der Waals surface area contributed by atoms with Gasteiger partial charge in [0.15, 0.2) is 5.96 Å². The number of halogens is 2. The Morgan fingerprint density at radius 2 is 1.92 bits per heavy atom. The Hall–Kier alpha value is -1.47. The molecule has 3 N–H and O–H groups in total. The highest BCUT2D eigenvalue weighted by Gasteiger charge is 2.24. The average molecular weight is 486 g/mol. The summed E-state index contributed by atoms with van der Waals surface area (Å²) >= 11 is 6.33. The molecule has 140 valence electrons. The highest BCUT2D eigenvalue weighted by atomic mass is 127. The van der Waals surface area contributed by atoms with Gasteiger partial charge in [-0.2, -0.15) is 0 Å². The first-order valence-corrected chi connectivity index (χ1v) is 8.88. The molecule has 0 spiro atoms. The molecule has 2 aromatic carbocycles. The number of hydrogen-bond acceptors (Lipinski definition) is 2. The van der Waals surface area contributed by atoms with E-state index in [1.165, 1.54) is 0 Å². The zero-order valence-corrected chi connectivity index (χ0v) is 18.1. The first-order valence-electron chi connectivity index (χ1n) is 8.50. The first-order chi connectivity index (χ1) is 12.0. The molecule has 1 aliphatic rings. The summed E-state index contributed by atoms with van der Waals surface area (Å²) in [4.78, 5) is 4.56. The van der Waals surface area contributed by atoms with E-state index < -0.39 is 0 Å². The van der Waals surface area contributed by atoms with E-state index in [4.69, 9.17) is 22.1 Å². The molecule has 0 amide bonds. The lowest BCUT2D eigenvalue weighted by atomic mass is 9.85. The van der Waals surface area contributed by atoms with Gasteiger partial charge in [-0.1, -0.05) is 61.8 Å². The zero-order valence-electron chi connectivity index (χ0n) is 15.0. The number of ether oxygens (including phenoxy) is 1. The molecule has 2 aromatic rings. The summed E-state index contributed by atoms with van der Waals surface area (Å²) in [6, 6.07) is 16.0. The fourth-order valence-electron chi connectivity index (χ4n) is 3.09. The van der Waals surface area contributed by atoms with Crippen LogP contribution in [-0.4, -0.2) is 19.1 Å². The van der Waals surface area contributed by atoms with Crippen LogP contribution < -0.4 is 15.8 Å². The van der Waals surface area contributed by atoms with Crippen molar-refractivity contribution in [3.8, 4) is 5.75 Å². The molecule has 1 aliphatic heterocycles. The van der Waals surface area contributed by atoms with E-state index in [1.807, 2.05) is 42.5 Å². The monoisotopic (exact) mass is 485 g/mol. The third-order valence-electron chi connectivity index (χ3n) is 4.53. The summed E-state index contributed by atoms with van der Waals surface area (Å²) in [5, 5.41) is 4.09. The van der Waals surface area contributed by atoms with Gasteiger partial charge >= 0.3 is 0 Å². The van der Waals surface area contributed by atoms with Gasteiger partial charge in [0.05, 0.1) is 19.2 Å². The Labute approximate surface area is 177 Å². The molecule has 0 bridgehead atoms. The highest BCUT2D eigenvalue weighted by Crippen LogP contribution is 2.32. The predicted molar refractivity (Wildman–Crippen MR) is 119 cm³/mol. The third kappa shape index (κ3) is 4.82. The summed E-state index contributed by atoms with van der Waals surface area (Å²) in [5.74, 6) is 1.36. The van der Waals surface area contributed by atoms with Gasteiger partial charge in [0.25, 0.3) is 0 Å². The van der Waals surface area contributed by atoms with E-state index in [1.54, 1.807) is 0 Å². The van der Waals surface area contributed by atoms with Gasteiger partial charge in [-0.3, -0.25) is 4.99 Å². The lowest BCUT2D eigenvalue weighted by molar-refractivity contribution is 0.262. The second-order valence-electron chi connectivity index (χ2n) is 6.94. The highest BCUT2D eigenvalue weighted by molar-refractivity contribution is 14.0. The number of nitrogens with zero attached hydrogens (tertiary/aromatic N) is 1. The van der Waals surface area contributed by atoms with Gasteiger partial charge in [0, 0.05) is 22.4 Å². The van der Waals surface area contributed by atoms with Gasteiger partial charge in [-0.15, -0.1) is 24.0 Å². The van der Waals surface area contributed by atoms with Crippen molar-refractivity contribution in [1.29, 1.82) is 0 Å². The summed E-state index contributed by atoms with van der Waals surface area (Å²) in [7, 11) is 0. The average Bonchev–Trinajstić information content (AvgIpc) is 2.61. The topological polar surface area (TPSA) is 59.6 Å². The molecular formula is C20H25ClIN3O. The van der Waals surface area contributed by atoms with Crippen LogP contribution in [0.5, 0.6) is 5.75 Å². The van der Waals surface area contributed by atoms with Crippen LogP contribution in [0, 0.1) is 0 Å². The van der Waals surface area contributed by atoms with E-state index in [0.717, 1.165) is 28.3 Å². The molecule has 3 rings (SSSR count). The molecule has 0 fully saturated rings. The normalized spacial score (nSPS) is 16.9. The minimum absolute atomic E-state index is 0. The van der Waals surface area contributed by atoms with Crippen LogP contribution in [0.3, 0.4) is 0 Å². The third-order valence-corrected chi connectivity index (χ3v) is 4.86. The predicted octanol–water partition coefficient (Wildman–Crippen LogP) is 4.66. The van der Waals surface area contributed by atoms with Crippen LogP contribution in [0.15, 0.2) is 53.5 Å². The van der Waals surface area contributed by atoms with E-state index in [9.17, 15) is 0 Å². The van der Waals surface area contributed by atoms with Crippen molar-refractivity contribution in [3.05, 3.63) is 64.7 Å². The zero-order chi connectivity index (χ0) is 17.9. The molecule has 0 radical (unpaired) electrons. The molecule has 0 saturated heterocycles. The van der Waals surface area contributed by atoms with E-state index in [-0.39, 0.29) is 35.4 Å². The lowest BCUT2D eigenvalue weighted by Crippen LogP contribution is -2.38. The maximum atomic E-state index is 6.33. The van der Waals surface area contributed by atoms with Gasteiger partial charge in [-0.05, 0) is 17.7 Å². The number of benzene rings is 2. The summed E-state index contributed by atoms with van der Waals surface area (Å²) < 4.78 is 5.69. The van der Waals surface area contributed by atoms with Crippen molar-refractivity contribution < 1.29 is 4.74 Å². The van der Waals surface area contributed by atoms with Crippen molar-refractivity contribution in [2.75, 3.05) is 13.2 Å². The van der Waals surface area contributed by atoms with Crippen LogP contribution in [-0.2, 0) is 5.41 Å². The smallest absolute Gasteiger partial charge is 0.189 e. The SMILES string of the molecule is CC(C)(CN=C(N)NC1CCOc2ccccc21)c1ccccc1Cl.I. The quantitative estimate of drug-likeness (QED) is 0.376. The van der Waals surface area contributed by atoms with E-state index >= 15 is 0 Å². The molecule has 0 saturated carbocycles. The number of nitrogens with two attached hydrogens (primary N) is 1. The Kier molecular flexibility index (Phi) is 7.17. The minimum Gasteiger partial charge on any atom is -0.493 e. The largest absolute Gasteiger partial charge is 0.493 e. The second kappa shape index (κ2) is 8.95. The number of rotatable bonds is 4. The standard InChI is InChI=1S/C20H24ClN3O.HI/c1-20(2,15-8-4-5-9-16(15)21)13-23-19(22)24-17-11-12-25-18-10-6-3-7-14(17)18;/h3-10,17H,11-13H2,1-2H3,(H3,22,23,24);1H. The van der Waals surface area contributed by atoms with Crippen molar-refractivity contribution in [3.63, 3.8) is 0 Å². The minimum atomic E-state index is -0.196. The van der Waals surface area contributed by atoms with E-state index in [2.05, 4.69) is 30.2 Å². The molecule has 26 heavy (non-hydrogen) atoms. The van der Waals surface area contributed by atoms with Crippen molar-refractivity contribution >= 4 is 41.5 Å². The molecule has 1 heterocycles. The number of para-hydroxylation sites is 1. The number of aliphatic imine (C=N–C) groups is 1. The van der Waals surface area contributed by atoms with Crippen molar-refractivity contribution in [2.24, 2.45) is 10.7 Å².